The van der Waals surface area contributed by atoms with Gasteiger partial charge in [-0.05, 0) is 48.7 Å². The molecule has 0 bridgehead atoms. The Morgan fingerprint density at radius 2 is 1.61 bits per heavy atom. The van der Waals surface area contributed by atoms with Gasteiger partial charge in [-0.1, -0.05) is 36.4 Å². The largest absolute Gasteiger partial charge is 0.378 e. The first kappa shape index (κ1) is 25.3. The molecule has 36 heavy (non-hydrogen) atoms. The summed E-state index contributed by atoms with van der Waals surface area (Å²) in [5, 5.41) is 13.2. The number of nitrogens with zero attached hydrogens (tertiary/aromatic N) is 2. The van der Waals surface area contributed by atoms with Gasteiger partial charge in [0.1, 0.15) is 11.6 Å². The molecule has 188 valence electrons. The van der Waals surface area contributed by atoms with Gasteiger partial charge in [-0.15, -0.1) is 0 Å². The summed E-state index contributed by atoms with van der Waals surface area (Å²) in [7, 11) is 0. The molecular formula is C28H29F2N3O3. The van der Waals surface area contributed by atoms with Crippen LogP contribution in [-0.4, -0.2) is 48.0 Å². The van der Waals surface area contributed by atoms with Crippen molar-refractivity contribution in [1.82, 2.24) is 4.90 Å². The normalized spacial score (nSPS) is 14.4. The van der Waals surface area contributed by atoms with Gasteiger partial charge < -0.3 is 20.2 Å². The third-order valence-corrected chi connectivity index (χ3v) is 6.31. The highest BCUT2D eigenvalue weighted by atomic mass is 19.1. The van der Waals surface area contributed by atoms with E-state index in [0.29, 0.717) is 38.7 Å². The van der Waals surface area contributed by atoms with Crippen molar-refractivity contribution in [2.75, 3.05) is 36.4 Å². The van der Waals surface area contributed by atoms with Crippen molar-refractivity contribution in [2.24, 2.45) is 0 Å². The number of nitrogens with one attached hydrogen (secondary N) is 1. The van der Waals surface area contributed by atoms with Crippen molar-refractivity contribution in [3.05, 3.63) is 95.6 Å². The van der Waals surface area contributed by atoms with Crippen molar-refractivity contribution in [3.63, 3.8) is 0 Å². The van der Waals surface area contributed by atoms with Crippen LogP contribution in [-0.2, 0) is 16.0 Å². The van der Waals surface area contributed by atoms with Crippen molar-refractivity contribution in [1.29, 1.82) is 0 Å². The quantitative estimate of drug-likeness (QED) is 0.491. The maximum absolute atomic E-state index is 14.0. The molecule has 1 fully saturated rings. The number of carbonyl (C=O) groups is 2. The van der Waals surface area contributed by atoms with E-state index in [0.717, 1.165) is 36.3 Å². The van der Waals surface area contributed by atoms with E-state index in [9.17, 15) is 23.5 Å². The highest BCUT2D eigenvalue weighted by molar-refractivity contribution is 5.90. The lowest BCUT2D eigenvalue weighted by atomic mass is 10.1. The third kappa shape index (κ3) is 6.46. The molecule has 1 aliphatic heterocycles. The Kier molecular flexibility index (Phi) is 8.28. The Morgan fingerprint density at radius 1 is 0.917 bits per heavy atom. The molecule has 1 aliphatic rings. The van der Waals surface area contributed by atoms with Crippen molar-refractivity contribution in [2.45, 2.75) is 25.4 Å². The standard InChI is InChI=1S/C28H29F2N3O3/c29-21-9-14-24(25(30)19-21)27(35)28(36)33-17-15-32(16-18-33)23-12-10-22(11-13-23)31-26(34)8-4-7-20-5-2-1-3-6-20/h1-3,5-6,9-14,19,27,35H,4,7-8,15-18H2,(H,31,34). The average molecular weight is 494 g/mol. The molecular weight excluding hydrogens is 464 g/mol. The molecule has 1 heterocycles. The predicted octanol–water partition coefficient (Wildman–Crippen LogP) is 4.31. The van der Waals surface area contributed by atoms with Gasteiger partial charge in [0.15, 0.2) is 6.10 Å². The predicted molar refractivity (Wildman–Crippen MR) is 135 cm³/mol. The van der Waals surface area contributed by atoms with Crippen LogP contribution < -0.4 is 10.2 Å². The van der Waals surface area contributed by atoms with E-state index in [1.807, 2.05) is 42.5 Å². The number of amides is 2. The topological polar surface area (TPSA) is 72.9 Å². The van der Waals surface area contributed by atoms with Gasteiger partial charge in [0.25, 0.3) is 5.91 Å². The minimum atomic E-state index is -1.67. The first-order valence-electron chi connectivity index (χ1n) is 12.0. The number of anilines is 2. The number of hydrogen-bond donors (Lipinski definition) is 2. The van der Waals surface area contributed by atoms with Gasteiger partial charge in [0.2, 0.25) is 5.91 Å². The lowest BCUT2D eigenvalue weighted by Gasteiger charge is -2.37. The maximum Gasteiger partial charge on any atom is 0.256 e. The molecule has 2 N–H and O–H groups in total. The zero-order valence-electron chi connectivity index (χ0n) is 19.9. The number of hydrogen-bond acceptors (Lipinski definition) is 4. The third-order valence-electron chi connectivity index (χ3n) is 6.31. The van der Waals surface area contributed by atoms with Crippen molar-refractivity contribution in [3.8, 4) is 0 Å². The average Bonchev–Trinajstić information content (AvgIpc) is 2.89. The van der Waals surface area contributed by atoms with Gasteiger partial charge >= 0.3 is 0 Å². The van der Waals surface area contributed by atoms with Crippen LogP contribution >= 0.6 is 0 Å². The fourth-order valence-electron chi connectivity index (χ4n) is 4.29. The number of piperazine rings is 1. The van der Waals surface area contributed by atoms with E-state index in [1.165, 1.54) is 10.5 Å². The zero-order chi connectivity index (χ0) is 25.5. The van der Waals surface area contributed by atoms with Gasteiger partial charge in [-0.2, -0.15) is 0 Å². The summed E-state index contributed by atoms with van der Waals surface area (Å²) in [5.41, 5.74) is 2.66. The number of aliphatic hydroxyl groups is 1. The Bertz CT molecular complexity index is 1180. The van der Waals surface area contributed by atoms with Crippen LogP contribution in [0.25, 0.3) is 0 Å². The smallest absolute Gasteiger partial charge is 0.256 e. The molecule has 1 unspecified atom stereocenters. The number of rotatable bonds is 8. The van der Waals surface area contributed by atoms with E-state index in [4.69, 9.17) is 0 Å². The molecule has 0 saturated carbocycles. The molecule has 3 aromatic rings. The molecule has 6 nitrogen and oxygen atoms in total. The van der Waals surface area contributed by atoms with E-state index in [2.05, 4.69) is 22.3 Å². The molecule has 3 aromatic carbocycles. The molecule has 4 rings (SSSR count). The van der Waals surface area contributed by atoms with E-state index in [1.54, 1.807) is 0 Å². The molecule has 1 atom stereocenters. The summed E-state index contributed by atoms with van der Waals surface area (Å²) in [5.74, 6) is -2.34. The molecule has 1 saturated heterocycles. The molecule has 0 spiro atoms. The highest BCUT2D eigenvalue weighted by Crippen LogP contribution is 2.23. The molecule has 2 amide bonds. The van der Waals surface area contributed by atoms with Crippen molar-refractivity contribution < 1.29 is 23.5 Å². The van der Waals surface area contributed by atoms with Crippen LogP contribution in [0.1, 0.15) is 30.1 Å². The van der Waals surface area contributed by atoms with Crippen LogP contribution in [0.4, 0.5) is 20.2 Å². The second-order valence-electron chi connectivity index (χ2n) is 8.81. The summed E-state index contributed by atoms with van der Waals surface area (Å²) >= 11 is 0. The van der Waals surface area contributed by atoms with E-state index < -0.39 is 23.6 Å². The van der Waals surface area contributed by atoms with Gasteiger partial charge in [-0.3, -0.25) is 9.59 Å². The summed E-state index contributed by atoms with van der Waals surface area (Å²) in [6.07, 6.45) is 0.407. The van der Waals surface area contributed by atoms with Crippen LogP contribution in [0.3, 0.4) is 0 Å². The fraction of sp³-hybridized carbons (Fsp3) is 0.286. The van der Waals surface area contributed by atoms with Crippen LogP contribution in [0, 0.1) is 11.6 Å². The first-order chi connectivity index (χ1) is 17.4. The SMILES string of the molecule is O=C(CCCc1ccccc1)Nc1ccc(N2CCN(C(=O)C(O)c3ccc(F)cc3F)CC2)cc1. The Balaban J connectivity index is 1.24. The zero-order valence-corrected chi connectivity index (χ0v) is 19.9. The number of halogens is 2. The van der Waals surface area contributed by atoms with Gasteiger partial charge in [-0.25, -0.2) is 8.78 Å². The molecule has 0 aliphatic carbocycles. The van der Waals surface area contributed by atoms with Crippen LogP contribution in [0.2, 0.25) is 0 Å². The number of aliphatic hydroxyl groups excluding tert-OH is 1. The monoisotopic (exact) mass is 493 g/mol. The minimum absolute atomic E-state index is 0.0260. The summed E-state index contributed by atoms with van der Waals surface area (Å²) in [6, 6.07) is 20.4. The number of aryl methyl sites for hydroxylation is 1. The molecule has 0 radical (unpaired) electrons. The summed E-state index contributed by atoms with van der Waals surface area (Å²) < 4.78 is 27.1. The van der Waals surface area contributed by atoms with E-state index >= 15 is 0 Å². The fourth-order valence-corrected chi connectivity index (χ4v) is 4.29. The lowest BCUT2D eigenvalue weighted by Crippen LogP contribution is -2.50. The molecule has 0 aromatic heterocycles. The second kappa shape index (κ2) is 11.8. The maximum atomic E-state index is 14.0. The first-order valence-corrected chi connectivity index (χ1v) is 12.0. The summed E-state index contributed by atoms with van der Waals surface area (Å²) in [6.45, 7) is 1.79. The van der Waals surface area contributed by atoms with E-state index in [-0.39, 0.29) is 11.5 Å². The van der Waals surface area contributed by atoms with Crippen LogP contribution in [0.5, 0.6) is 0 Å². The Morgan fingerprint density at radius 3 is 2.28 bits per heavy atom. The van der Waals surface area contributed by atoms with Gasteiger partial charge in [0, 0.05) is 55.6 Å². The Hall–Kier alpha value is -3.78. The van der Waals surface area contributed by atoms with Crippen molar-refractivity contribution >= 4 is 23.2 Å². The summed E-state index contributed by atoms with van der Waals surface area (Å²) in [4.78, 5) is 28.5. The number of carbonyl (C=O) groups excluding carboxylic acids is 2. The second-order valence-corrected chi connectivity index (χ2v) is 8.81. The van der Waals surface area contributed by atoms with Crippen LogP contribution in [0.15, 0.2) is 72.8 Å². The minimum Gasteiger partial charge on any atom is -0.378 e. The lowest BCUT2D eigenvalue weighted by molar-refractivity contribution is -0.141. The highest BCUT2D eigenvalue weighted by Gasteiger charge is 2.29. The Labute approximate surface area is 209 Å². The van der Waals surface area contributed by atoms with Gasteiger partial charge in [0.05, 0.1) is 0 Å². The molecule has 8 heteroatoms. The number of benzene rings is 3.